The molecule has 23 heavy (non-hydrogen) atoms. The molecule has 4 aliphatic carbocycles. The molecule has 0 heterocycles. The van der Waals surface area contributed by atoms with Gasteiger partial charge >= 0.3 is 0 Å². The Bertz CT molecular complexity index is 524. The average Bonchev–Trinajstić information content (AvgIpc) is 2.91. The third-order valence-electron chi connectivity index (χ3n) is 8.26. The van der Waals surface area contributed by atoms with E-state index < -0.39 is 0 Å². The maximum atomic E-state index is 13.1. The number of carbonyl (C=O) groups excluding carboxylic acids is 1. The van der Waals surface area contributed by atoms with Gasteiger partial charge in [0.15, 0.2) is 0 Å². The van der Waals surface area contributed by atoms with Gasteiger partial charge in [-0.3, -0.25) is 9.18 Å². The van der Waals surface area contributed by atoms with Crippen LogP contribution >= 0.6 is 0 Å². The molecule has 0 amide bonds. The molecule has 3 saturated carbocycles. The molecule has 3 fully saturated rings. The van der Waals surface area contributed by atoms with Crippen LogP contribution in [0.2, 0.25) is 0 Å². The van der Waals surface area contributed by atoms with Crippen LogP contribution in [0.15, 0.2) is 11.6 Å². The highest BCUT2D eigenvalue weighted by molar-refractivity contribution is 5.79. The number of carbonyl (C=O) groups is 1. The van der Waals surface area contributed by atoms with Gasteiger partial charge < -0.3 is 0 Å². The fraction of sp³-hybridized carbons (Fsp3) is 0.857. The Morgan fingerprint density at radius 2 is 2.04 bits per heavy atom. The summed E-state index contributed by atoms with van der Waals surface area (Å²) >= 11 is 0. The van der Waals surface area contributed by atoms with Crippen LogP contribution in [0.5, 0.6) is 0 Å². The van der Waals surface area contributed by atoms with Gasteiger partial charge in [0.05, 0.1) is 6.67 Å². The van der Waals surface area contributed by atoms with Gasteiger partial charge in [0.2, 0.25) is 0 Å². The van der Waals surface area contributed by atoms with Crippen molar-refractivity contribution in [3.05, 3.63) is 11.6 Å². The van der Waals surface area contributed by atoms with Gasteiger partial charge in [0.25, 0.3) is 0 Å². The molecule has 4 aliphatic rings. The van der Waals surface area contributed by atoms with Crippen molar-refractivity contribution in [1.82, 2.24) is 0 Å². The van der Waals surface area contributed by atoms with E-state index in [2.05, 4.69) is 13.0 Å². The molecule has 1 nitrogen and oxygen atoms in total. The van der Waals surface area contributed by atoms with Crippen molar-refractivity contribution >= 4 is 5.78 Å². The molecule has 7 atom stereocenters. The molecule has 2 heteroatoms. The van der Waals surface area contributed by atoms with Crippen molar-refractivity contribution in [3.63, 3.8) is 0 Å². The fourth-order valence-electron chi connectivity index (χ4n) is 7.15. The number of fused-ring (bicyclic) bond motifs is 5. The van der Waals surface area contributed by atoms with Crippen LogP contribution in [0.4, 0.5) is 4.39 Å². The van der Waals surface area contributed by atoms with E-state index in [0.717, 1.165) is 42.9 Å². The summed E-state index contributed by atoms with van der Waals surface area (Å²) in [7, 11) is 0. The highest BCUT2D eigenvalue weighted by Crippen LogP contribution is 2.63. The van der Waals surface area contributed by atoms with Crippen LogP contribution in [0.3, 0.4) is 0 Å². The molecule has 0 aromatic heterocycles. The van der Waals surface area contributed by atoms with Gasteiger partial charge in [0.1, 0.15) is 5.78 Å². The van der Waals surface area contributed by atoms with Gasteiger partial charge in [-0.2, -0.15) is 0 Å². The molecule has 4 rings (SSSR count). The smallest absolute Gasteiger partial charge is 0.133 e. The topological polar surface area (TPSA) is 17.1 Å². The summed E-state index contributed by atoms with van der Waals surface area (Å²) in [6.07, 6.45) is 11.9. The van der Waals surface area contributed by atoms with E-state index in [0.29, 0.717) is 11.7 Å². The van der Waals surface area contributed by atoms with Gasteiger partial charge in [0, 0.05) is 5.92 Å². The van der Waals surface area contributed by atoms with Crippen LogP contribution in [0, 0.1) is 40.9 Å². The molecule has 0 spiro atoms. The summed E-state index contributed by atoms with van der Waals surface area (Å²) < 4.78 is 13.1. The van der Waals surface area contributed by atoms with Crippen molar-refractivity contribution in [2.24, 2.45) is 40.9 Å². The largest absolute Gasteiger partial charge is 0.300 e. The first-order chi connectivity index (χ1) is 11.0. The second-order valence-electron chi connectivity index (χ2n) is 9.14. The Morgan fingerprint density at radius 1 is 1.22 bits per heavy atom. The van der Waals surface area contributed by atoms with E-state index in [1.807, 2.05) is 6.92 Å². The molecule has 128 valence electrons. The van der Waals surface area contributed by atoms with E-state index in [1.54, 1.807) is 5.57 Å². The molecule has 0 saturated heterocycles. The number of Topliss-reactive ketones (excluding diaryl/α,β-unsaturated/α-hetero) is 1. The summed E-state index contributed by atoms with van der Waals surface area (Å²) in [5.74, 6) is 4.10. The van der Waals surface area contributed by atoms with Crippen LogP contribution in [-0.4, -0.2) is 12.5 Å². The zero-order valence-corrected chi connectivity index (χ0v) is 14.7. The minimum absolute atomic E-state index is 0.140. The first-order valence-electron chi connectivity index (χ1n) is 9.80. The lowest BCUT2D eigenvalue weighted by molar-refractivity contribution is -0.126. The number of allylic oxidation sites excluding steroid dienone is 2. The van der Waals surface area contributed by atoms with Crippen molar-refractivity contribution in [3.8, 4) is 0 Å². The minimum atomic E-state index is -0.140. The molecule has 0 aliphatic heterocycles. The number of hydrogen-bond acceptors (Lipinski definition) is 1. The second kappa shape index (κ2) is 5.70. The van der Waals surface area contributed by atoms with Crippen molar-refractivity contribution in [2.75, 3.05) is 6.67 Å². The summed E-state index contributed by atoms with van der Waals surface area (Å²) in [6, 6.07) is 0. The minimum Gasteiger partial charge on any atom is -0.300 e. The molecule has 0 bridgehead atoms. The Morgan fingerprint density at radius 3 is 2.78 bits per heavy atom. The molecule has 0 radical (unpaired) electrons. The van der Waals surface area contributed by atoms with Gasteiger partial charge in [-0.1, -0.05) is 18.6 Å². The lowest BCUT2D eigenvalue weighted by Crippen LogP contribution is -2.46. The lowest BCUT2D eigenvalue weighted by atomic mass is 9.51. The summed E-state index contributed by atoms with van der Waals surface area (Å²) in [6.45, 7) is 4.08. The standard InChI is InChI=1S/C21H31FO/c1-13(23)19-7-8-20-18-6-4-15-11-14(12-22)3-5-16(15)17(18)9-10-21(19,20)2/h4,14,16-20H,3,5-12H2,1-2H3. The number of rotatable bonds is 2. The van der Waals surface area contributed by atoms with E-state index in [9.17, 15) is 9.18 Å². The maximum absolute atomic E-state index is 13.1. The zero-order chi connectivity index (χ0) is 16.2. The zero-order valence-electron chi connectivity index (χ0n) is 14.7. The first-order valence-corrected chi connectivity index (χ1v) is 9.80. The third kappa shape index (κ3) is 2.35. The van der Waals surface area contributed by atoms with E-state index in [-0.39, 0.29) is 18.0 Å². The van der Waals surface area contributed by atoms with Crippen molar-refractivity contribution < 1.29 is 9.18 Å². The Balaban J connectivity index is 1.58. The predicted octanol–water partition coefficient (Wildman–Crippen LogP) is 5.35. The first kappa shape index (κ1) is 15.8. The highest BCUT2D eigenvalue weighted by Gasteiger charge is 2.56. The van der Waals surface area contributed by atoms with Gasteiger partial charge in [-0.25, -0.2) is 0 Å². The quantitative estimate of drug-likeness (QED) is 0.627. The van der Waals surface area contributed by atoms with Crippen molar-refractivity contribution in [2.45, 2.75) is 65.2 Å². The molecule has 0 aromatic rings. The fourth-order valence-corrected chi connectivity index (χ4v) is 7.15. The molecular weight excluding hydrogens is 287 g/mol. The van der Waals surface area contributed by atoms with Crippen LogP contribution < -0.4 is 0 Å². The summed E-state index contributed by atoms with van der Waals surface area (Å²) in [5, 5.41) is 0. The number of halogens is 1. The van der Waals surface area contributed by atoms with Gasteiger partial charge in [-0.05, 0) is 93.3 Å². The van der Waals surface area contributed by atoms with Crippen molar-refractivity contribution in [1.29, 1.82) is 0 Å². The lowest BCUT2D eigenvalue weighted by Gasteiger charge is -2.53. The van der Waals surface area contributed by atoms with E-state index in [1.165, 1.54) is 32.1 Å². The normalized spacial score (nSPS) is 48.9. The summed E-state index contributed by atoms with van der Waals surface area (Å²) in [5.41, 5.74) is 1.85. The number of alkyl halides is 1. The van der Waals surface area contributed by atoms with Crippen LogP contribution in [0.25, 0.3) is 0 Å². The Labute approximate surface area is 140 Å². The Hall–Kier alpha value is -0.660. The highest BCUT2D eigenvalue weighted by atomic mass is 19.1. The van der Waals surface area contributed by atoms with Crippen LogP contribution in [0.1, 0.15) is 65.2 Å². The number of ketones is 1. The van der Waals surface area contributed by atoms with Crippen LogP contribution in [-0.2, 0) is 4.79 Å². The molecule has 0 N–H and O–H groups in total. The third-order valence-corrected chi connectivity index (χ3v) is 8.26. The predicted molar refractivity (Wildman–Crippen MR) is 90.7 cm³/mol. The molecule has 7 unspecified atom stereocenters. The maximum Gasteiger partial charge on any atom is 0.133 e. The Kier molecular flexibility index (Phi) is 3.93. The summed E-state index contributed by atoms with van der Waals surface area (Å²) in [4.78, 5) is 12.1. The SMILES string of the molecule is CC(=O)C1CCC2C3CC=C4CC(CF)CCC4C3CCC12C. The second-order valence-corrected chi connectivity index (χ2v) is 9.14. The monoisotopic (exact) mass is 318 g/mol. The molecule has 0 aromatic carbocycles. The number of hydrogen-bond donors (Lipinski definition) is 0. The van der Waals surface area contributed by atoms with E-state index in [4.69, 9.17) is 0 Å². The van der Waals surface area contributed by atoms with Gasteiger partial charge in [-0.15, -0.1) is 0 Å². The average molecular weight is 318 g/mol. The van der Waals surface area contributed by atoms with E-state index >= 15 is 0 Å². The molecular formula is C21H31FO.